The standard InChI is InChI=1S/C5H11NO.C2H6/c1-5(4-7)2-6-3-5;1-2/h6-7H,2-4H2,1H3;1-2H3. The van der Waals surface area contributed by atoms with Gasteiger partial charge in [-0.25, -0.2) is 0 Å². The van der Waals surface area contributed by atoms with E-state index in [1.807, 2.05) is 13.8 Å². The molecule has 0 bridgehead atoms. The van der Waals surface area contributed by atoms with Crippen molar-refractivity contribution >= 4 is 0 Å². The van der Waals surface area contributed by atoms with Crippen LogP contribution in [0.3, 0.4) is 0 Å². The lowest BCUT2D eigenvalue weighted by atomic mass is 9.85. The van der Waals surface area contributed by atoms with Crippen LogP contribution in [-0.4, -0.2) is 24.8 Å². The summed E-state index contributed by atoms with van der Waals surface area (Å²) in [4.78, 5) is 0. The van der Waals surface area contributed by atoms with Crippen molar-refractivity contribution in [3.63, 3.8) is 0 Å². The Morgan fingerprint density at radius 2 is 1.89 bits per heavy atom. The highest BCUT2D eigenvalue weighted by Crippen LogP contribution is 2.18. The van der Waals surface area contributed by atoms with E-state index in [1.54, 1.807) is 0 Å². The van der Waals surface area contributed by atoms with Crippen molar-refractivity contribution in [3.05, 3.63) is 0 Å². The van der Waals surface area contributed by atoms with Crippen molar-refractivity contribution in [2.45, 2.75) is 20.8 Å². The van der Waals surface area contributed by atoms with Gasteiger partial charge in [0.1, 0.15) is 0 Å². The Balaban J connectivity index is 0.000000291. The maximum atomic E-state index is 8.61. The third-order valence-electron chi connectivity index (χ3n) is 1.49. The summed E-state index contributed by atoms with van der Waals surface area (Å²) in [5, 5.41) is 11.7. The Hall–Kier alpha value is -0.0800. The van der Waals surface area contributed by atoms with Gasteiger partial charge in [-0.1, -0.05) is 20.8 Å². The Morgan fingerprint density at radius 3 is 1.89 bits per heavy atom. The molecule has 0 radical (unpaired) electrons. The van der Waals surface area contributed by atoms with Gasteiger partial charge in [0, 0.05) is 18.5 Å². The molecule has 1 heterocycles. The molecule has 0 aromatic carbocycles. The molecule has 2 heteroatoms. The molecule has 0 amide bonds. The minimum atomic E-state index is 0.208. The number of aliphatic hydroxyl groups excluding tert-OH is 1. The molecule has 2 nitrogen and oxygen atoms in total. The normalized spacial score (nSPS) is 21.3. The van der Waals surface area contributed by atoms with E-state index in [1.165, 1.54) is 0 Å². The molecule has 56 valence electrons. The fourth-order valence-electron chi connectivity index (χ4n) is 0.664. The van der Waals surface area contributed by atoms with Crippen LogP contribution in [0.4, 0.5) is 0 Å². The Bertz CT molecular complexity index is 63.8. The van der Waals surface area contributed by atoms with Crippen LogP contribution in [0.2, 0.25) is 0 Å². The number of hydrogen-bond acceptors (Lipinski definition) is 2. The number of nitrogens with one attached hydrogen (secondary N) is 1. The first-order chi connectivity index (χ1) is 4.27. The SMILES string of the molecule is CC.CC1(CO)CNC1. The smallest absolute Gasteiger partial charge is 0.0509 e. The van der Waals surface area contributed by atoms with Gasteiger partial charge in [0.2, 0.25) is 0 Å². The van der Waals surface area contributed by atoms with Crippen molar-refractivity contribution in [1.29, 1.82) is 0 Å². The monoisotopic (exact) mass is 131 g/mol. The molecule has 1 aliphatic heterocycles. The highest BCUT2D eigenvalue weighted by molar-refractivity contribution is 4.86. The summed E-state index contributed by atoms with van der Waals surface area (Å²) in [6.45, 7) is 8.34. The second-order valence-electron chi connectivity index (χ2n) is 2.57. The molecule has 1 rings (SSSR count). The number of hydrogen-bond donors (Lipinski definition) is 2. The molecule has 0 spiro atoms. The molecular formula is C7H17NO. The summed E-state index contributed by atoms with van der Waals surface area (Å²) in [7, 11) is 0. The largest absolute Gasteiger partial charge is 0.396 e. The lowest BCUT2D eigenvalue weighted by molar-refractivity contribution is 0.0871. The summed E-state index contributed by atoms with van der Waals surface area (Å²) in [5.74, 6) is 0. The van der Waals surface area contributed by atoms with Crippen molar-refractivity contribution in [2.24, 2.45) is 5.41 Å². The fourth-order valence-corrected chi connectivity index (χ4v) is 0.664. The van der Waals surface area contributed by atoms with Gasteiger partial charge in [-0.3, -0.25) is 0 Å². The number of rotatable bonds is 1. The van der Waals surface area contributed by atoms with Gasteiger partial charge in [0.25, 0.3) is 0 Å². The molecule has 1 saturated heterocycles. The van der Waals surface area contributed by atoms with E-state index in [2.05, 4.69) is 12.2 Å². The van der Waals surface area contributed by atoms with Gasteiger partial charge in [-0.05, 0) is 0 Å². The highest BCUT2D eigenvalue weighted by Gasteiger charge is 2.29. The minimum Gasteiger partial charge on any atom is -0.396 e. The van der Waals surface area contributed by atoms with Crippen LogP contribution in [0.5, 0.6) is 0 Å². The van der Waals surface area contributed by atoms with E-state index in [0.29, 0.717) is 6.61 Å². The third-order valence-corrected chi connectivity index (χ3v) is 1.49. The maximum absolute atomic E-state index is 8.61. The summed E-state index contributed by atoms with van der Waals surface area (Å²) in [5.41, 5.74) is 0.208. The predicted octanol–water partition coefficient (Wildman–Crippen LogP) is 0.614. The van der Waals surface area contributed by atoms with E-state index < -0.39 is 0 Å². The van der Waals surface area contributed by atoms with Crippen LogP contribution in [0.15, 0.2) is 0 Å². The van der Waals surface area contributed by atoms with Gasteiger partial charge in [0.15, 0.2) is 0 Å². The Labute approximate surface area is 57.3 Å². The number of aliphatic hydroxyl groups is 1. The molecule has 0 saturated carbocycles. The van der Waals surface area contributed by atoms with E-state index >= 15 is 0 Å². The van der Waals surface area contributed by atoms with Crippen molar-refractivity contribution < 1.29 is 5.11 Å². The lowest BCUT2D eigenvalue weighted by Gasteiger charge is -2.37. The topological polar surface area (TPSA) is 32.3 Å². The second-order valence-corrected chi connectivity index (χ2v) is 2.57. The van der Waals surface area contributed by atoms with Crippen LogP contribution in [0.1, 0.15) is 20.8 Å². The van der Waals surface area contributed by atoms with Gasteiger partial charge in [-0.15, -0.1) is 0 Å². The average Bonchev–Trinajstić information content (AvgIpc) is 1.88. The van der Waals surface area contributed by atoms with E-state index in [-0.39, 0.29) is 5.41 Å². The lowest BCUT2D eigenvalue weighted by Crippen LogP contribution is -2.53. The van der Waals surface area contributed by atoms with Crippen molar-refractivity contribution in [1.82, 2.24) is 5.32 Å². The minimum absolute atomic E-state index is 0.208. The van der Waals surface area contributed by atoms with Crippen LogP contribution < -0.4 is 5.32 Å². The van der Waals surface area contributed by atoms with Crippen LogP contribution >= 0.6 is 0 Å². The summed E-state index contributed by atoms with van der Waals surface area (Å²) in [6.07, 6.45) is 0. The summed E-state index contributed by atoms with van der Waals surface area (Å²) in [6, 6.07) is 0. The first-order valence-electron chi connectivity index (χ1n) is 3.58. The van der Waals surface area contributed by atoms with Crippen LogP contribution in [0, 0.1) is 5.41 Å². The van der Waals surface area contributed by atoms with Gasteiger partial charge in [0.05, 0.1) is 6.61 Å². The average molecular weight is 131 g/mol. The predicted molar refractivity (Wildman–Crippen MR) is 39.4 cm³/mol. The quantitative estimate of drug-likeness (QED) is 0.546. The fraction of sp³-hybridized carbons (Fsp3) is 1.00. The summed E-state index contributed by atoms with van der Waals surface area (Å²) < 4.78 is 0. The van der Waals surface area contributed by atoms with Crippen molar-refractivity contribution in [3.8, 4) is 0 Å². The molecule has 1 fully saturated rings. The zero-order valence-electron chi connectivity index (χ0n) is 6.57. The van der Waals surface area contributed by atoms with Gasteiger partial charge >= 0.3 is 0 Å². The van der Waals surface area contributed by atoms with E-state index in [4.69, 9.17) is 5.11 Å². The third kappa shape index (κ3) is 2.33. The Kier molecular flexibility index (Phi) is 3.82. The van der Waals surface area contributed by atoms with E-state index in [9.17, 15) is 0 Å². The Morgan fingerprint density at radius 1 is 1.44 bits per heavy atom. The molecule has 2 N–H and O–H groups in total. The van der Waals surface area contributed by atoms with Crippen molar-refractivity contribution in [2.75, 3.05) is 19.7 Å². The first-order valence-corrected chi connectivity index (χ1v) is 3.58. The molecule has 0 aromatic heterocycles. The molecule has 0 aromatic rings. The zero-order valence-corrected chi connectivity index (χ0v) is 6.57. The zero-order chi connectivity index (χ0) is 7.33. The summed E-state index contributed by atoms with van der Waals surface area (Å²) >= 11 is 0. The van der Waals surface area contributed by atoms with Gasteiger partial charge in [-0.2, -0.15) is 0 Å². The van der Waals surface area contributed by atoms with Gasteiger partial charge < -0.3 is 10.4 Å². The molecule has 0 aliphatic carbocycles. The maximum Gasteiger partial charge on any atom is 0.0509 e. The molecular weight excluding hydrogens is 114 g/mol. The second kappa shape index (κ2) is 3.85. The first kappa shape index (κ1) is 8.92. The molecule has 0 atom stereocenters. The van der Waals surface area contributed by atoms with Crippen LogP contribution in [0.25, 0.3) is 0 Å². The molecule has 0 unspecified atom stereocenters. The molecule has 1 aliphatic rings. The molecule has 9 heavy (non-hydrogen) atoms. The van der Waals surface area contributed by atoms with E-state index in [0.717, 1.165) is 13.1 Å². The highest BCUT2D eigenvalue weighted by atomic mass is 16.3. The van der Waals surface area contributed by atoms with Crippen LogP contribution in [-0.2, 0) is 0 Å².